The molecule has 0 aliphatic carbocycles. The van der Waals surface area contributed by atoms with Crippen LogP contribution in [0.4, 0.5) is 0 Å². The van der Waals surface area contributed by atoms with Crippen molar-refractivity contribution in [2.45, 2.75) is 45.3 Å². The van der Waals surface area contributed by atoms with Gasteiger partial charge in [-0.05, 0) is 36.5 Å². The zero-order chi connectivity index (χ0) is 14.8. The van der Waals surface area contributed by atoms with Crippen molar-refractivity contribution in [2.75, 3.05) is 26.7 Å². The Balaban J connectivity index is 1.60. The highest BCUT2D eigenvalue weighted by Crippen LogP contribution is 2.33. The molecule has 0 unspecified atom stereocenters. The maximum atomic E-state index is 5.24. The number of fused-ring (bicyclic) bond motifs is 1. The van der Waals surface area contributed by atoms with Gasteiger partial charge in [-0.15, -0.1) is 0 Å². The van der Waals surface area contributed by atoms with Gasteiger partial charge in [-0.3, -0.25) is 9.80 Å². The lowest BCUT2D eigenvalue weighted by Gasteiger charge is -2.26. The molecule has 0 bridgehead atoms. The van der Waals surface area contributed by atoms with Crippen LogP contribution >= 0.6 is 0 Å². The van der Waals surface area contributed by atoms with E-state index in [0.29, 0.717) is 0 Å². The van der Waals surface area contributed by atoms with E-state index in [-0.39, 0.29) is 0 Å². The Morgan fingerprint density at radius 1 is 1.05 bits per heavy atom. The van der Waals surface area contributed by atoms with Gasteiger partial charge in [-0.1, -0.05) is 26.0 Å². The smallest absolute Gasteiger partial charge is 0.118 e. The molecular weight excluding hydrogens is 260 g/mol. The van der Waals surface area contributed by atoms with Crippen LogP contribution in [0, 0.1) is 5.92 Å². The molecule has 2 aliphatic heterocycles. The van der Waals surface area contributed by atoms with Gasteiger partial charge in [0.2, 0.25) is 0 Å². The predicted octanol–water partition coefficient (Wildman–Crippen LogP) is 3.00. The second kappa shape index (κ2) is 6.37. The Bertz CT molecular complexity index is 457. The number of benzene rings is 1. The van der Waals surface area contributed by atoms with Gasteiger partial charge in [0.25, 0.3) is 0 Å². The molecular formula is C18H28N2O. The lowest BCUT2D eigenvalue weighted by atomic mass is 10.1. The molecule has 2 atom stereocenters. The van der Waals surface area contributed by atoms with Gasteiger partial charge in [0.1, 0.15) is 5.75 Å². The number of ether oxygens (including phenoxy) is 1. The van der Waals surface area contributed by atoms with Crippen LogP contribution in [-0.4, -0.2) is 48.6 Å². The molecule has 2 aliphatic rings. The van der Waals surface area contributed by atoms with Crippen molar-refractivity contribution in [1.29, 1.82) is 0 Å². The van der Waals surface area contributed by atoms with E-state index in [1.165, 1.54) is 38.0 Å². The molecule has 0 N–H and O–H groups in total. The van der Waals surface area contributed by atoms with Crippen LogP contribution in [0.25, 0.3) is 0 Å². The number of hydrogen-bond donors (Lipinski definition) is 0. The molecule has 0 saturated carbocycles. The zero-order valence-electron chi connectivity index (χ0n) is 13.6. The summed E-state index contributed by atoms with van der Waals surface area (Å²) < 4.78 is 5.24. The highest BCUT2D eigenvalue weighted by Gasteiger charge is 2.41. The molecule has 1 aromatic carbocycles. The predicted molar refractivity (Wildman–Crippen MR) is 86.6 cm³/mol. The van der Waals surface area contributed by atoms with Crippen molar-refractivity contribution in [2.24, 2.45) is 5.92 Å². The first-order chi connectivity index (χ1) is 10.2. The van der Waals surface area contributed by atoms with E-state index in [1.54, 1.807) is 7.11 Å². The standard InChI is InChI=1S/C18H28N2O/c1-14(2)12-19-10-8-18-17(19)9-11-20(18)13-15-4-6-16(21-3)7-5-15/h4-7,14,17-18H,8-13H2,1-3H3/t17-,18+/m0/s1. The quantitative estimate of drug-likeness (QED) is 0.828. The third-order valence-electron chi connectivity index (χ3n) is 4.95. The average molecular weight is 288 g/mol. The van der Waals surface area contributed by atoms with E-state index in [9.17, 15) is 0 Å². The number of hydrogen-bond acceptors (Lipinski definition) is 3. The molecule has 3 rings (SSSR count). The normalized spacial score (nSPS) is 26.5. The molecule has 0 radical (unpaired) electrons. The Labute approximate surface area is 128 Å². The third-order valence-corrected chi connectivity index (χ3v) is 4.95. The summed E-state index contributed by atoms with van der Waals surface area (Å²) in [5.74, 6) is 1.72. The monoisotopic (exact) mass is 288 g/mol. The van der Waals surface area contributed by atoms with Gasteiger partial charge in [0.15, 0.2) is 0 Å². The average Bonchev–Trinajstić information content (AvgIpc) is 3.04. The molecule has 2 saturated heterocycles. The molecule has 3 heteroatoms. The van der Waals surface area contributed by atoms with Gasteiger partial charge in [0, 0.05) is 38.3 Å². The van der Waals surface area contributed by atoms with Gasteiger partial charge in [-0.2, -0.15) is 0 Å². The lowest BCUT2D eigenvalue weighted by Crippen LogP contribution is -2.37. The van der Waals surface area contributed by atoms with Crippen molar-refractivity contribution in [3.63, 3.8) is 0 Å². The second-order valence-electron chi connectivity index (χ2n) is 6.92. The van der Waals surface area contributed by atoms with Crippen LogP contribution in [0.3, 0.4) is 0 Å². The SMILES string of the molecule is COc1ccc(CN2CC[C@H]3[C@H]2CCN3CC(C)C)cc1. The van der Waals surface area contributed by atoms with E-state index >= 15 is 0 Å². The Hall–Kier alpha value is -1.06. The fourth-order valence-electron chi connectivity index (χ4n) is 4.02. The summed E-state index contributed by atoms with van der Waals surface area (Å²) in [5.41, 5.74) is 1.40. The Kier molecular flexibility index (Phi) is 4.51. The summed E-state index contributed by atoms with van der Waals surface area (Å²) in [6, 6.07) is 10.1. The van der Waals surface area contributed by atoms with Crippen LogP contribution in [0.1, 0.15) is 32.3 Å². The first kappa shape index (κ1) is 14.9. The summed E-state index contributed by atoms with van der Waals surface area (Å²) >= 11 is 0. The fourth-order valence-corrected chi connectivity index (χ4v) is 4.02. The fraction of sp³-hybridized carbons (Fsp3) is 0.667. The summed E-state index contributed by atoms with van der Waals surface area (Å²) in [6.45, 7) is 9.54. The lowest BCUT2D eigenvalue weighted by molar-refractivity contribution is 0.203. The molecule has 0 aromatic heterocycles. The first-order valence-electron chi connectivity index (χ1n) is 8.28. The molecule has 3 nitrogen and oxygen atoms in total. The van der Waals surface area contributed by atoms with Gasteiger partial charge in [-0.25, -0.2) is 0 Å². The van der Waals surface area contributed by atoms with E-state index in [2.05, 4.69) is 47.9 Å². The van der Waals surface area contributed by atoms with Crippen LogP contribution in [0.15, 0.2) is 24.3 Å². The van der Waals surface area contributed by atoms with Crippen molar-refractivity contribution in [3.05, 3.63) is 29.8 Å². The minimum atomic E-state index is 0.769. The highest BCUT2D eigenvalue weighted by atomic mass is 16.5. The van der Waals surface area contributed by atoms with Crippen molar-refractivity contribution in [1.82, 2.24) is 9.80 Å². The highest BCUT2D eigenvalue weighted by molar-refractivity contribution is 5.27. The summed E-state index contributed by atoms with van der Waals surface area (Å²) in [4.78, 5) is 5.41. The minimum Gasteiger partial charge on any atom is -0.497 e. The van der Waals surface area contributed by atoms with Crippen molar-refractivity contribution >= 4 is 0 Å². The second-order valence-corrected chi connectivity index (χ2v) is 6.92. The van der Waals surface area contributed by atoms with Crippen LogP contribution in [0.5, 0.6) is 5.75 Å². The summed E-state index contributed by atoms with van der Waals surface area (Å²) in [6.07, 6.45) is 2.68. The number of likely N-dealkylation sites (tertiary alicyclic amines) is 2. The molecule has 0 amide bonds. The topological polar surface area (TPSA) is 15.7 Å². The molecule has 116 valence electrons. The molecule has 2 heterocycles. The molecule has 1 aromatic rings. The van der Waals surface area contributed by atoms with Crippen LogP contribution in [-0.2, 0) is 6.54 Å². The number of rotatable bonds is 5. The Morgan fingerprint density at radius 3 is 2.29 bits per heavy atom. The van der Waals surface area contributed by atoms with E-state index in [4.69, 9.17) is 4.74 Å². The first-order valence-corrected chi connectivity index (χ1v) is 8.28. The third kappa shape index (κ3) is 3.24. The maximum absolute atomic E-state index is 5.24. The van der Waals surface area contributed by atoms with E-state index in [1.807, 2.05) is 0 Å². The van der Waals surface area contributed by atoms with Gasteiger partial charge < -0.3 is 4.74 Å². The van der Waals surface area contributed by atoms with E-state index < -0.39 is 0 Å². The molecule has 2 fully saturated rings. The zero-order valence-corrected chi connectivity index (χ0v) is 13.6. The molecule has 21 heavy (non-hydrogen) atoms. The van der Waals surface area contributed by atoms with Crippen molar-refractivity contribution < 1.29 is 4.74 Å². The number of methoxy groups -OCH3 is 1. The van der Waals surface area contributed by atoms with Crippen molar-refractivity contribution in [3.8, 4) is 5.75 Å². The maximum Gasteiger partial charge on any atom is 0.118 e. The summed E-state index contributed by atoms with van der Waals surface area (Å²) in [7, 11) is 1.72. The summed E-state index contributed by atoms with van der Waals surface area (Å²) in [5, 5.41) is 0. The van der Waals surface area contributed by atoms with Crippen LogP contribution < -0.4 is 4.74 Å². The Morgan fingerprint density at radius 2 is 1.67 bits per heavy atom. The van der Waals surface area contributed by atoms with Gasteiger partial charge >= 0.3 is 0 Å². The van der Waals surface area contributed by atoms with E-state index in [0.717, 1.165) is 30.3 Å². The molecule has 0 spiro atoms. The largest absolute Gasteiger partial charge is 0.497 e. The van der Waals surface area contributed by atoms with Gasteiger partial charge in [0.05, 0.1) is 7.11 Å². The van der Waals surface area contributed by atoms with Crippen LogP contribution in [0.2, 0.25) is 0 Å². The number of nitrogens with zero attached hydrogens (tertiary/aromatic N) is 2. The minimum absolute atomic E-state index is 0.769.